The molecule has 3 rings (SSSR count). The molecule has 0 amide bonds. The number of aromatic nitrogens is 3. The average molecular weight is 267 g/mol. The van der Waals surface area contributed by atoms with Crippen molar-refractivity contribution in [3.63, 3.8) is 0 Å². The maximum absolute atomic E-state index is 5.71. The predicted octanol–water partition coefficient (Wildman–Crippen LogP) is 2.44. The summed E-state index contributed by atoms with van der Waals surface area (Å²) < 4.78 is 2.09. The van der Waals surface area contributed by atoms with E-state index in [-0.39, 0.29) is 0 Å². The van der Waals surface area contributed by atoms with Crippen molar-refractivity contribution in [2.75, 3.05) is 11.9 Å². The second-order valence-electron chi connectivity index (χ2n) is 4.71. The number of anilines is 2. The number of hydrogen-bond acceptors (Lipinski definition) is 4. The molecule has 0 saturated carbocycles. The van der Waals surface area contributed by atoms with Crippen molar-refractivity contribution in [3.05, 3.63) is 48.2 Å². The molecule has 0 radical (unpaired) electrons. The number of imidazole rings is 1. The molecular formula is C15H17N5. The molecule has 1 aromatic carbocycles. The summed E-state index contributed by atoms with van der Waals surface area (Å²) in [6.07, 6.45) is 1.75. The Morgan fingerprint density at radius 3 is 2.90 bits per heavy atom. The molecule has 0 saturated heterocycles. The molecule has 5 nitrogen and oxygen atoms in total. The molecule has 0 aliphatic heterocycles. The Morgan fingerprint density at radius 2 is 2.15 bits per heavy atom. The van der Waals surface area contributed by atoms with Crippen molar-refractivity contribution < 1.29 is 0 Å². The zero-order valence-electron chi connectivity index (χ0n) is 11.4. The maximum atomic E-state index is 5.71. The molecule has 5 heteroatoms. The number of benzene rings is 1. The fourth-order valence-electron chi connectivity index (χ4n) is 2.24. The van der Waals surface area contributed by atoms with Crippen molar-refractivity contribution in [3.8, 4) is 0 Å². The van der Waals surface area contributed by atoms with Crippen LogP contribution in [0.2, 0.25) is 0 Å². The van der Waals surface area contributed by atoms with Crippen LogP contribution in [0.1, 0.15) is 5.56 Å². The highest BCUT2D eigenvalue weighted by atomic mass is 15.2. The Bertz CT molecular complexity index is 718. The minimum atomic E-state index is 0.566. The lowest BCUT2D eigenvalue weighted by Crippen LogP contribution is -2.12. The van der Waals surface area contributed by atoms with Crippen LogP contribution < -0.4 is 11.1 Å². The van der Waals surface area contributed by atoms with Gasteiger partial charge in [-0.3, -0.25) is 0 Å². The average Bonchev–Trinajstić information content (AvgIpc) is 2.77. The maximum Gasteiger partial charge on any atom is 0.209 e. The first-order valence-electron chi connectivity index (χ1n) is 6.63. The minimum absolute atomic E-state index is 0.566. The van der Waals surface area contributed by atoms with Crippen LogP contribution in [0.3, 0.4) is 0 Å². The van der Waals surface area contributed by atoms with E-state index in [0.717, 1.165) is 22.8 Å². The van der Waals surface area contributed by atoms with Crippen LogP contribution in [0.25, 0.3) is 11.0 Å². The summed E-state index contributed by atoms with van der Waals surface area (Å²) >= 11 is 0. The summed E-state index contributed by atoms with van der Waals surface area (Å²) in [6.45, 7) is 3.35. The Kier molecular flexibility index (Phi) is 3.35. The molecule has 3 N–H and O–H groups in total. The van der Waals surface area contributed by atoms with Crippen molar-refractivity contribution in [1.29, 1.82) is 0 Å². The number of pyridine rings is 1. The topological polar surface area (TPSA) is 68.8 Å². The van der Waals surface area contributed by atoms with Gasteiger partial charge >= 0.3 is 0 Å². The highest BCUT2D eigenvalue weighted by Gasteiger charge is 2.10. The SMILES string of the molecule is Cc1ccc2c(c1)nc(Nc1ccccn1)n2CCN. The van der Waals surface area contributed by atoms with Crippen LogP contribution in [0.4, 0.5) is 11.8 Å². The van der Waals surface area contributed by atoms with E-state index in [0.29, 0.717) is 13.1 Å². The quantitative estimate of drug-likeness (QED) is 0.762. The van der Waals surface area contributed by atoms with E-state index in [9.17, 15) is 0 Å². The highest BCUT2D eigenvalue weighted by molar-refractivity contribution is 5.80. The van der Waals surface area contributed by atoms with Gasteiger partial charge < -0.3 is 15.6 Å². The largest absolute Gasteiger partial charge is 0.329 e. The highest BCUT2D eigenvalue weighted by Crippen LogP contribution is 2.22. The lowest BCUT2D eigenvalue weighted by molar-refractivity contribution is 0.736. The number of nitrogens with one attached hydrogen (secondary N) is 1. The van der Waals surface area contributed by atoms with Gasteiger partial charge in [0.15, 0.2) is 0 Å². The fraction of sp³-hybridized carbons (Fsp3) is 0.200. The number of nitrogens with zero attached hydrogens (tertiary/aromatic N) is 3. The van der Waals surface area contributed by atoms with E-state index in [4.69, 9.17) is 5.73 Å². The summed E-state index contributed by atoms with van der Waals surface area (Å²) in [5.41, 5.74) is 8.96. The minimum Gasteiger partial charge on any atom is -0.329 e. The molecule has 0 aliphatic rings. The van der Waals surface area contributed by atoms with Crippen molar-refractivity contribution in [2.45, 2.75) is 13.5 Å². The molecule has 0 atom stereocenters. The van der Waals surface area contributed by atoms with E-state index in [1.54, 1.807) is 6.20 Å². The second-order valence-corrected chi connectivity index (χ2v) is 4.71. The molecule has 3 aromatic rings. The van der Waals surface area contributed by atoms with E-state index >= 15 is 0 Å². The van der Waals surface area contributed by atoms with E-state index in [2.05, 4.69) is 45.0 Å². The van der Waals surface area contributed by atoms with Gasteiger partial charge in [-0.15, -0.1) is 0 Å². The normalized spacial score (nSPS) is 10.9. The van der Waals surface area contributed by atoms with Crippen molar-refractivity contribution in [2.24, 2.45) is 5.73 Å². The molecule has 2 heterocycles. The third kappa shape index (κ3) is 2.35. The van der Waals surface area contributed by atoms with Gasteiger partial charge in [0.05, 0.1) is 11.0 Å². The Morgan fingerprint density at radius 1 is 1.25 bits per heavy atom. The van der Waals surface area contributed by atoms with Crippen LogP contribution in [0, 0.1) is 6.92 Å². The Labute approximate surface area is 117 Å². The van der Waals surface area contributed by atoms with Gasteiger partial charge in [0.1, 0.15) is 5.82 Å². The first-order valence-corrected chi connectivity index (χ1v) is 6.63. The van der Waals surface area contributed by atoms with Gasteiger partial charge in [0.2, 0.25) is 5.95 Å². The van der Waals surface area contributed by atoms with Gasteiger partial charge in [-0.1, -0.05) is 12.1 Å². The Hall–Kier alpha value is -2.40. The molecule has 0 fully saturated rings. The monoisotopic (exact) mass is 267 g/mol. The summed E-state index contributed by atoms with van der Waals surface area (Å²) in [7, 11) is 0. The lowest BCUT2D eigenvalue weighted by atomic mass is 10.2. The van der Waals surface area contributed by atoms with Crippen LogP contribution in [0.5, 0.6) is 0 Å². The number of fused-ring (bicyclic) bond motifs is 1. The van der Waals surface area contributed by atoms with Gasteiger partial charge in [0, 0.05) is 19.3 Å². The predicted molar refractivity (Wildman–Crippen MR) is 81.0 cm³/mol. The van der Waals surface area contributed by atoms with Crippen molar-refractivity contribution >= 4 is 22.8 Å². The summed E-state index contributed by atoms with van der Waals surface area (Å²) in [4.78, 5) is 8.91. The van der Waals surface area contributed by atoms with E-state index < -0.39 is 0 Å². The number of hydrogen-bond donors (Lipinski definition) is 2. The second kappa shape index (κ2) is 5.30. The van der Waals surface area contributed by atoms with Crippen molar-refractivity contribution in [1.82, 2.24) is 14.5 Å². The molecule has 20 heavy (non-hydrogen) atoms. The van der Waals surface area contributed by atoms with E-state index in [1.165, 1.54) is 5.56 Å². The standard InChI is InChI=1S/C15H17N5/c1-11-5-6-13-12(10-11)18-15(20(13)9-7-16)19-14-4-2-3-8-17-14/h2-6,8,10H,7,9,16H2,1H3,(H,17,18,19). The van der Waals surface area contributed by atoms with Crippen LogP contribution in [0.15, 0.2) is 42.6 Å². The van der Waals surface area contributed by atoms with Gasteiger partial charge in [0.25, 0.3) is 0 Å². The fourth-order valence-corrected chi connectivity index (χ4v) is 2.24. The first-order chi connectivity index (χ1) is 9.78. The zero-order chi connectivity index (χ0) is 13.9. The van der Waals surface area contributed by atoms with Crippen LogP contribution in [-0.2, 0) is 6.54 Å². The van der Waals surface area contributed by atoms with Gasteiger partial charge in [-0.2, -0.15) is 0 Å². The lowest BCUT2D eigenvalue weighted by Gasteiger charge is -2.08. The molecule has 2 aromatic heterocycles. The Balaban J connectivity index is 2.06. The van der Waals surface area contributed by atoms with Gasteiger partial charge in [-0.25, -0.2) is 9.97 Å². The molecule has 102 valence electrons. The molecular weight excluding hydrogens is 250 g/mol. The first kappa shape index (κ1) is 12.6. The molecule has 0 bridgehead atoms. The number of rotatable bonds is 4. The van der Waals surface area contributed by atoms with Gasteiger partial charge in [-0.05, 0) is 36.8 Å². The summed E-state index contributed by atoms with van der Waals surface area (Å²) in [6, 6.07) is 12.0. The van der Waals surface area contributed by atoms with Crippen LogP contribution in [-0.4, -0.2) is 21.1 Å². The summed E-state index contributed by atoms with van der Waals surface area (Å²) in [5, 5.41) is 3.25. The molecule has 0 spiro atoms. The summed E-state index contributed by atoms with van der Waals surface area (Å²) in [5.74, 6) is 1.55. The zero-order valence-corrected chi connectivity index (χ0v) is 11.4. The number of aryl methyl sites for hydroxylation is 1. The van der Waals surface area contributed by atoms with Crippen LogP contribution >= 0.6 is 0 Å². The molecule has 0 aliphatic carbocycles. The number of nitrogens with two attached hydrogens (primary N) is 1. The van der Waals surface area contributed by atoms with E-state index in [1.807, 2.05) is 18.2 Å². The molecule has 0 unspecified atom stereocenters. The smallest absolute Gasteiger partial charge is 0.209 e. The third-order valence-corrected chi connectivity index (χ3v) is 3.16. The third-order valence-electron chi connectivity index (χ3n) is 3.16.